The number of rotatable bonds is 4. The Balaban J connectivity index is 1.77. The molecule has 0 spiro atoms. The van der Waals surface area contributed by atoms with Crippen LogP contribution in [0.1, 0.15) is 10.4 Å². The zero-order chi connectivity index (χ0) is 17.4. The molecule has 0 saturated carbocycles. The fraction of sp³-hybridized carbons (Fsp3) is 0.0952. The van der Waals surface area contributed by atoms with E-state index < -0.39 is 0 Å². The van der Waals surface area contributed by atoms with Crippen LogP contribution in [0.25, 0.3) is 32.3 Å². The fourth-order valence-corrected chi connectivity index (χ4v) is 3.41. The van der Waals surface area contributed by atoms with Gasteiger partial charge in [0.15, 0.2) is 0 Å². The topological polar surface area (TPSA) is 58.2 Å². The van der Waals surface area contributed by atoms with Crippen molar-refractivity contribution in [3.8, 4) is 0 Å². The van der Waals surface area contributed by atoms with E-state index in [0.717, 1.165) is 16.2 Å². The van der Waals surface area contributed by atoms with Crippen LogP contribution in [0.2, 0.25) is 0 Å². The van der Waals surface area contributed by atoms with Gasteiger partial charge in [0.1, 0.15) is 0 Å². The Labute approximate surface area is 145 Å². The van der Waals surface area contributed by atoms with E-state index >= 15 is 0 Å². The summed E-state index contributed by atoms with van der Waals surface area (Å²) in [5.74, 6) is -0.492. The van der Waals surface area contributed by atoms with Gasteiger partial charge in [-0.2, -0.15) is 0 Å². The van der Waals surface area contributed by atoms with E-state index in [9.17, 15) is 9.59 Å². The van der Waals surface area contributed by atoms with E-state index in [-0.39, 0.29) is 11.8 Å². The molecule has 4 nitrogen and oxygen atoms in total. The molecule has 0 aliphatic rings. The Hall–Kier alpha value is -3.14. The first-order valence-corrected chi connectivity index (χ1v) is 8.19. The summed E-state index contributed by atoms with van der Waals surface area (Å²) in [6.45, 7) is 3.96. The lowest BCUT2D eigenvalue weighted by molar-refractivity contribution is -0.116. The first-order chi connectivity index (χ1) is 12.1. The van der Waals surface area contributed by atoms with Crippen molar-refractivity contribution in [3.63, 3.8) is 0 Å². The average molecular weight is 329 g/mol. The highest BCUT2D eigenvalue weighted by molar-refractivity contribution is 6.26. The minimum atomic E-state index is -0.350. The highest BCUT2D eigenvalue weighted by atomic mass is 16.2. The van der Waals surface area contributed by atoms with E-state index in [2.05, 4.69) is 47.9 Å². The second-order valence-electron chi connectivity index (χ2n) is 6.08. The van der Waals surface area contributed by atoms with Gasteiger partial charge >= 0.3 is 0 Å². The van der Waals surface area contributed by atoms with Crippen LogP contribution in [-0.2, 0) is 4.79 Å². The van der Waals surface area contributed by atoms with Gasteiger partial charge in [-0.1, -0.05) is 48.5 Å². The number of carbonyl (C=O) groups excluding carboxylic acids is 2. The number of hydrogen-bond donors (Lipinski definition) is 2. The largest absolute Gasteiger partial charge is 0.354 e. The molecule has 4 heteroatoms. The van der Waals surface area contributed by atoms with E-state index in [1.165, 1.54) is 16.2 Å². The Morgan fingerprint density at radius 3 is 2.08 bits per heavy atom. The molecule has 0 fully saturated rings. The molecule has 0 aromatic heterocycles. The molecule has 1 radical (unpaired) electrons. The Morgan fingerprint density at radius 1 is 0.760 bits per heavy atom. The molecule has 0 heterocycles. The normalized spacial score (nSPS) is 11.2. The summed E-state index contributed by atoms with van der Waals surface area (Å²) in [6.07, 6.45) is 0. The van der Waals surface area contributed by atoms with Crippen molar-refractivity contribution in [1.82, 2.24) is 10.6 Å². The Bertz CT molecular complexity index is 1090. The first-order valence-electron chi connectivity index (χ1n) is 8.19. The van der Waals surface area contributed by atoms with Gasteiger partial charge in [-0.25, -0.2) is 0 Å². The maximum Gasteiger partial charge on any atom is 0.251 e. The van der Waals surface area contributed by atoms with Crippen molar-refractivity contribution in [3.05, 3.63) is 67.1 Å². The number of nitrogens with one attached hydrogen (secondary N) is 2. The molecule has 0 saturated heterocycles. The standard InChI is InChI=1S/C21H17N2O2/c1-13(24)22-11-12-23-21(25)18-10-8-16-6-5-14-3-2-4-15-7-9-17(18)20(16)19(14)15/h2-10H,1,11-12H2,(H,22,24)(H,23,25). The van der Waals surface area contributed by atoms with Crippen molar-refractivity contribution in [2.75, 3.05) is 13.1 Å². The van der Waals surface area contributed by atoms with Crippen LogP contribution in [0.4, 0.5) is 0 Å². The molecule has 0 bridgehead atoms. The quantitative estimate of drug-likeness (QED) is 0.446. The lowest BCUT2D eigenvalue weighted by atomic mass is 9.92. The van der Waals surface area contributed by atoms with Crippen LogP contribution in [0.15, 0.2) is 54.6 Å². The van der Waals surface area contributed by atoms with Gasteiger partial charge in [-0.3, -0.25) is 9.59 Å². The molecule has 4 rings (SSSR count). The third-order valence-corrected chi connectivity index (χ3v) is 4.51. The minimum absolute atomic E-state index is 0.142. The first kappa shape index (κ1) is 15.4. The lowest BCUT2D eigenvalue weighted by Crippen LogP contribution is -2.33. The summed E-state index contributed by atoms with van der Waals surface area (Å²) in [7, 11) is 0. The van der Waals surface area contributed by atoms with Crippen LogP contribution < -0.4 is 10.6 Å². The molecule has 25 heavy (non-hydrogen) atoms. The predicted molar refractivity (Wildman–Crippen MR) is 101 cm³/mol. The van der Waals surface area contributed by atoms with Crippen LogP contribution in [0, 0.1) is 6.92 Å². The molecule has 4 aromatic carbocycles. The summed E-state index contributed by atoms with van der Waals surface area (Å²) >= 11 is 0. The van der Waals surface area contributed by atoms with Gasteiger partial charge in [0, 0.05) is 25.6 Å². The number of hydrogen-bond acceptors (Lipinski definition) is 2. The molecule has 4 aromatic rings. The fourth-order valence-electron chi connectivity index (χ4n) is 3.41. The molecule has 0 aliphatic carbocycles. The average Bonchev–Trinajstić information content (AvgIpc) is 2.63. The molecule has 2 amide bonds. The predicted octanol–water partition coefficient (Wildman–Crippen LogP) is 3.26. The smallest absolute Gasteiger partial charge is 0.251 e. The number of amides is 2. The lowest BCUT2D eigenvalue weighted by Gasteiger charge is -2.14. The molecule has 2 N–H and O–H groups in total. The monoisotopic (exact) mass is 329 g/mol. The van der Waals surface area contributed by atoms with Crippen molar-refractivity contribution >= 4 is 44.1 Å². The van der Waals surface area contributed by atoms with E-state index in [0.29, 0.717) is 18.7 Å². The van der Waals surface area contributed by atoms with Gasteiger partial charge in [0.05, 0.1) is 0 Å². The molecular weight excluding hydrogens is 312 g/mol. The Kier molecular flexibility index (Phi) is 3.73. The third-order valence-electron chi connectivity index (χ3n) is 4.51. The van der Waals surface area contributed by atoms with Gasteiger partial charge in [-0.15, -0.1) is 0 Å². The molecule has 0 unspecified atom stereocenters. The van der Waals surface area contributed by atoms with E-state index in [1.807, 2.05) is 24.3 Å². The van der Waals surface area contributed by atoms with E-state index in [1.54, 1.807) is 0 Å². The maximum absolute atomic E-state index is 12.6. The third kappa shape index (κ3) is 2.66. The SMILES string of the molecule is [CH2]C(=O)NCCNC(=O)c1ccc2ccc3cccc4ccc1c2c34. The van der Waals surface area contributed by atoms with Crippen LogP contribution >= 0.6 is 0 Å². The van der Waals surface area contributed by atoms with Crippen LogP contribution in [-0.4, -0.2) is 24.9 Å². The Morgan fingerprint density at radius 2 is 1.36 bits per heavy atom. The minimum Gasteiger partial charge on any atom is -0.354 e. The number of benzene rings is 4. The highest BCUT2D eigenvalue weighted by Gasteiger charge is 2.14. The molecule has 0 aliphatic heterocycles. The molecular formula is C21H17N2O2. The van der Waals surface area contributed by atoms with Crippen LogP contribution in [0.3, 0.4) is 0 Å². The van der Waals surface area contributed by atoms with Crippen molar-refractivity contribution < 1.29 is 9.59 Å². The van der Waals surface area contributed by atoms with Crippen LogP contribution in [0.5, 0.6) is 0 Å². The van der Waals surface area contributed by atoms with E-state index in [4.69, 9.17) is 0 Å². The van der Waals surface area contributed by atoms with Gasteiger partial charge < -0.3 is 10.6 Å². The van der Waals surface area contributed by atoms with Gasteiger partial charge in [0.2, 0.25) is 5.91 Å². The second-order valence-corrected chi connectivity index (χ2v) is 6.08. The van der Waals surface area contributed by atoms with Crippen molar-refractivity contribution in [2.45, 2.75) is 0 Å². The number of carbonyl (C=O) groups is 2. The summed E-state index contributed by atoms with van der Waals surface area (Å²) in [6, 6.07) is 18.4. The maximum atomic E-state index is 12.6. The zero-order valence-electron chi connectivity index (χ0n) is 13.6. The van der Waals surface area contributed by atoms with Gasteiger partial charge in [-0.05, 0) is 38.4 Å². The second kappa shape index (κ2) is 6.06. The van der Waals surface area contributed by atoms with Crippen molar-refractivity contribution in [2.24, 2.45) is 0 Å². The summed E-state index contributed by atoms with van der Waals surface area (Å²) < 4.78 is 0. The highest BCUT2D eigenvalue weighted by Crippen LogP contribution is 2.35. The molecule has 123 valence electrons. The van der Waals surface area contributed by atoms with Gasteiger partial charge in [0.25, 0.3) is 5.91 Å². The summed E-state index contributed by atoms with van der Waals surface area (Å²) in [4.78, 5) is 23.4. The molecule has 0 atom stereocenters. The summed E-state index contributed by atoms with van der Waals surface area (Å²) in [5, 5.41) is 12.1. The summed E-state index contributed by atoms with van der Waals surface area (Å²) in [5.41, 5.74) is 0.645. The zero-order valence-corrected chi connectivity index (χ0v) is 13.6. The van der Waals surface area contributed by atoms with Crippen molar-refractivity contribution in [1.29, 1.82) is 0 Å².